The Balaban J connectivity index is 1.22. The van der Waals surface area contributed by atoms with Crippen molar-refractivity contribution in [2.75, 3.05) is 11.9 Å². The SMILES string of the molecule is O=C(Nc1cccc(C(=O)NC2CCCC2C(=O)O)c1)OCC1c2ccccc2-c2ccccc21. The monoisotopic (exact) mass is 470 g/mol. The molecule has 178 valence electrons. The number of carbonyl (C=O) groups is 3. The summed E-state index contributed by atoms with van der Waals surface area (Å²) in [5.74, 6) is -1.86. The summed E-state index contributed by atoms with van der Waals surface area (Å²) in [6, 6.07) is 22.4. The van der Waals surface area contributed by atoms with Crippen LogP contribution in [0, 0.1) is 5.92 Å². The zero-order valence-corrected chi connectivity index (χ0v) is 19.1. The van der Waals surface area contributed by atoms with Crippen LogP contribution in [0.3, 0.4) is 0 Å². The fourth-order valence-electron chi connectivity index (χ4n) is 5.17. The first-order valence-corrected chi connectivity index (χ1v) is 11.8. The van der Waals surface area contributed by atoms with E-state index in [2.05, 4.69) is 34.9 Å². The molecule has 3 aromatic rings. The van der Waals surface area contributed by atoms with E-state index >= 15 is 0 Å². The lowest BCUT2D eigenvalue weighted by molar-refractivity contribution is -0.142. The molecule has 0 heterocycles. The van der Waals surface area contributed by atoms with Gasteiger partial charge in [0.2, 0.25) is 0 Å². The Kier molecular flexibility index (Phi) is 6.23. The van der Waals surface area contributed by atoms with E-state index in [1.165, 1.54) is 0 Å². The fraction of sp³-hybridized carbons (Fsp3) is 0.250. The van der Waals surface area contributed by atoms with Crippen molar-refractivity contribution in [3.8, 4) is 11.1 Å². The maximum absolute atomic E-state index is 12.7. The minimum Gasteiger partial charge on any atom is -0.481 e. The topological polar surface area (TPSA) is 105 Å². The molecule has 35 heavy (non-hydrogen) atoms. The Hall–Kier alpha value is -4.13. The third-order valence-electron chi connectivity index (χ3n) is 6.86. The summed E-state index contributed by atoms with van der Waals surface area (Å²) in [6.07, 6.45) is 1.36. The predicted octanol–water partition coefficient (Wildman–Crippen LogP) is 5.03. The largest absolute Gasteiger partial charge is 0.481 e. The number of fused-ring (bicyclic) bond motifs is 3. The Morgan fingerprint density at radius 1 is 0.886 bits per heavy atom. The molecule has 0 bridgehead atoms. The number of rotatable bonds is 6. The number of aliphatic carboxylic acids is 1. The van der Waals surface area contributed by atoms with E-state index in [-0.39, 0.29) is 18.4 Å². The maximum Gasteiger partial charge on any atom is 0.411 e. The van der Waals surface area contributed by atoms with Crippen LogP contribution in [0.25, 0.3) is 11.1 Å². The molecule has 0 aromatic heterocycles. The molecule has 1 saturated carbocycles. The number of nitrogens with one attached hydrogen (secondary N) is 2. The van der Waals surface area contributed by atoms with Crippen molar-refractivity contribution in [1.82, 2.24) is 5.32 Å². The van der Waals surface area contributed by atoms with E-state index in [1.54, 1.807) is 24.3 Å². The van der Waals surface area contributed by atoms with E-state index < -0.39 is 24.0 Å². The number of carbonyl (C=O) groups excluding carboxylic acids is 2. The van der Waals surface area contributed by atoms with Gasteiger partial charge in [0.15, 0.2) is 0 Å². The van der Waals surface area contributed by atoms with Gasteiger partial charge in [-0.3, -0.25) is 14.9 Å². The zero-order valence-electron chi connectivity index (χ0n) is 19.1. The van der Waals surface area contributed by atoms with Crippen LogP contribution in [-0.2, 0) is 9.53 Å². The number of ether oxygens (including phenoxy) is 1. The second kappa shape index (κ2) is 9.62. The summed E-state index contributed by atoms with van der Waals surface area (Å²) < 4.78 is 5.58. The number of amides is 2. The van der Waals surface area contributed by atoms with Gasteiger partial charge in [-0.15, -0.1) is 0 Å². The van der Waals surface area contributed by atoms with Gasteiger partial charge in [-0.2, -0.15) is 0 Å². The van der Waals surface area contributed by atoms with Crippen molar-refractivity contribution in [2.24, 2.45) is 5.92 Å². The van der Waals surface area contributed by atoms with E-state index in [0.717, 1.165) is 28.7 Å². The maximum atomic E-state index is 12.7. The van der Waals surface area contributed by atoms with E-state index in [9.17, 15) is 19.5 Å². The summed E-state index contributed by atoms with van der Waals surface area (Å²) in [4.78, 5) is 36.6. The van der Waals surface area contributed by atoms with Crippen molar-refractivity contribution in [3.05, 3.63) is 89.5 Å². The minimum atomic E-state index is -0.890. The van der Waals surface area contributed by atoms with Crippen LogP contribution in [0.4, 0.5) is 10.5 Å². The van der Waals surface area contributed by atoms with Crippen LogP contribution >= 0.6 is 0 Å². The van der Waals surface area contributed by atoms with Crippen LogP contribution in [-0.4, -0.2) is 35.7 Å². The van der Waals surface area contributed by atoms with Crippen molar-refractivity contribution in [3.63, 3.8) is 0 Å². The van der Waals surface area contributed by atoms with Gasteiger partial charge >= 0.3 is 12.1 Å². The average Bonchev–Trinajstić information content (AvgIpc) is 3.45. The lowest BCUT2D eigenvalue weighted by Gasteiger charge is -2.18. The molecular formula is C28H26N2O5. The van der Waals surface area contributed by atoms with Gasteiger partial charge in [-0.05, 0) is 53.3 Å². The molecule has 0 aliphatic heterocycles. The molecule has 0 spiro atoms. The quantitative estimate of drug-likeness (QED) is 0.469. The summed E-state index contributed by atoms with van der Waals surface area (Å²) in [5, 5.41) is 14.9. The van der Waals surface area contributed by atoms with Crippen LogP contribution in [0.15, 0.2) is 72.8 Å². The van der Waals surface area contributed by atoms with Crippen LogP contribution < -0.4 is 10.6 Å². The van der Waals surface area contributed by atoms with Gasteiger partial charge in [-0.1, -0.05) is 61.0 Å². The number of carboxylic acid groups (broad SMARTS) is 1. The molecular weight excluding hydrogens is 444 g/mol. The summed E-state index contributed by atoms with van der Waals surface area (Å²) in [5.41, 5.74) is 5.35. The number of hydrogen-bond acceptors (Lipinski definition) is 4. The second-order valence-electron chi connectivity index (χ2n) is 8.99. The van der Waals surface area contributed by atoms with Gasteiger partial charge < -0.3 is 15.2 Å². The third-order valence-corrected chi connectivity index (χ3v) is 6.86. The summed E-state index contributed by atoms with van der Waals surface area (Å²) >= 11 is 0. The number of benzene rings is 3. The lowest BCUT2D eigenvalue weighted by atomic mass is 9.98. The molecule has 2 amide bonds. The van der Waals surface area contributed by atoms with Gasteiger partial charge in [0.25, 0.3) is 5.91 Å². The van der Waals surface area contributed by atoms with Crippen LogP contribution in [0.1, 0.15) is 46.7 Å². The normalized spacial score (nSPS) is 18.4. The first kappa shape index (κ1) is 22.7. The number of carboxylic acids is 1. The number of hydrogen-bond donors (Lipinski definition) is 3. The highest BCUT2D eigenvalue weighted by atomic mass is 16.5. The second-order valence-corrected chi connectivity index (χ2v) is 8.99. The highest BCUT2D eigenvalue weighted by Crippen LogP contribution is 2.44. The predicted molar refractivity (Wildman–Crippen MR) is 131 cm³/mol. The first-order chi connectivity index (χ1) is 17.0. The van der Waals surface area contributed by atoms with Crippen molar-refractivity contribution < 1.29 is 24.2 Å². The molecule has 2 aliphatic rings. The van der Waals surface area contributed by atoms with Crippen LogP contribution in [0.2, 0.25) is 0 Å². The smallest absolute Gasteiger partial charge is 0.411 e. The van der Waals surface area contributed by atoms with E-state index in [1.807, 2.05) is 24.3 Å². The molecule has 0 radical (unpaired) electrons. The number of anilines is 1. The summed E-state index contributed by atoms with van der Waals surface area (Å²) in [6.45, 7) is 0.193. The highest BCUT2D eigenvalue weighted by Gasteiger charge is 2.34. The van der Waals surface area contributed by atoms with Crippen molar-refractivity contribution in [2.45, 2.75) is 31.2 Å². The Labute approximate surface area is 203 Å². The fourth-order valence-corrected chi connectivity index (χ4v) is 5.17. The molecule has 2 atom stereocenters. The Morgan fingerprint density at radius 3 is 2.26 bits per heavy atom. The highest BCUT2D eigenvalue weighted by molar-refractivity contribution is 5.96. The molecule has 0 saturated heterocycles. The Morgan fingerprint density at radius 2 is 1.57 bits per heavy atom. The molecule has 7 nitrogen and oxygen atoms in total. The van der Waals surface area contributed by atoms with Crippen molar-refractivity contribution >= 4 is 23.7 Å². The molecule has 3 N–H and O–H groups in total. The van der Waals surface area contributed by atoms with Gasteiger partial charge in [0.05, 0.1) is 5.92 Å². The molecule has 1 fully saturated rings. The molecule has 7 heteroatoms. The molecule has 3 aromatic carbocycles. The standard InChI is InChI=1S/C28H26N2O5/c31-26(30-25-14-6-13-23(25)27(32)33)17-7-5-8-18(15-17)29-28(34)35-16-24-21-11-3-1-9-19(21)20-10-2-4-12-22(20)24/h1-5,7-12,15,23-25H,6,13-14,16H2,(H,29,34)(H,30,31)(H,32,33). The third kappa shape index (κ3) is 4.62. The van der Waals surface area contributed by atoms with Gasteiger partial charge in [0.1, 0.15) is 6.61 Å². The van der Waals surface area contributed by atoms with Gasteiger partial charge in [-0.25, -0.2) is 4.79 Å². The summed E-state index contributed by atoms with van der Waals surface area (Å²) in [7, 11) is 0. The Bertz CT molecular complexity index is 1240. The van der Waals surface area contributed by atoms with Crippen molar-refractivity contribution in [1.29, 1.82) is 0 Å². The lowest BCUT2D eigenvalue weighted by Crippen LogP contribution is -2.40. The van der Waals surface area contributed by atoms with Gasteiger partial charge in [0, 0.05) is 23.2 Å². The molecule has 5 rings (SSSR count). The average molecular weight is 471 g/mol. The zero-order chi connectivity index (χ0) is 24.4. The van der Waals surface area contributed by atoms with E-state index in [0.29, 0.717) is 24.1 Å². The van der Waals surface area contributed by atoms with E-state index in [4.69, 9.17) is 4.74 Å². The van der Waals surface area contributed by atoms with Crippen LogP contribution in [0.5, 0.6) is 0 Å². The molecule has 2 aliphatic carbocycles. The minimum absolute atomic E-state index is 0.0427. The first-order valence-electron chi connectivity index (χ1n) is 11.8. The molecule has 2 unspecified atom stereocenters.